The van der Waals surface area contributed by atoms with Crippen molar-refractivity contribution in [2.24, 2.45) is 0 Å². The van der Waals surface area contributed by atoms with E-state index in [9.17, 15) is 23.5 Å². The normalized spacial score (nSPS) is 11.6. The molecule has 0 unspecified atom stereocenters. The standard InChI is InChI=1S/C32H31F2N3O3S/c1-21-6-3-4-8-27(21)29-14-22(9-10-28(29)31(38)36-30(32(39)40)11-13-41-2)19-37(20-23-7-5-12-35-18-23)26-16-24(33)15-25(34)17-26/h3-10,12,14-18,30H,11,13,19-20H2,1-2H3,(H,36,38)(H,39,40)/t30-/m0/s1. The Morgan fingerprint density at radius 3 is 2.34 bits per heavy atom. The number of amides is 1. The number of hydrogen-bond donors (Lipinski definition) is 2. The number of nitrogens with zero attached hydrogens (tertiary/aromatic N) is 2. The first-order chi connectivity index (χ1) is 19.7. The topological polar surface area (TPSA) is 82.5 Å². The number of benzene rings is 3. The Morgan fingerprint density at radius 1 is 0.951 bits per heavy atom. The molecule has 212 valence electrons. The van der Waals surface area contributed by atoms with Crippen molar-refractivity contribution in [1.82, 2.24) is 10.3 Å². The van der Waals surface area contributed by atoms with Gasteiger partial charge in [-0.05, 0) is 83.5 Å². The number of carboxylic acids is 1. The van der Waals surface area contributed by atoms with E-state index in [4.69, 9.17) is 0 Å². The summed E-state index contributed by atoms with van der Waals surface area (Å²) < 4.78 is 28.4. The van der Waals surface area contributed by atoms with Gasteiger partial charge in [0.25, 0.3) is 5.91 Å². The van der Waals surface area contributed by atoms with Gasteiger partial charge in [0.05, 0.1) is 0 Å². The van der Waals surface area contributed by atoms with Gasteiger partial charge in [0.2, 0.25) is 0 Å². The molecule has 2 N–H and O–H groups in total. The van der Waals surface area contributed by atoms with E-state index in [-0.39, 0.29) is 6.54 Å². The van der Waals surface area contributed by atoms with Gasteiger partial charge < -0.3 is 15.3 Å². The van der Waals surface area contributed by atoms with Gasteiger partial charge >= 0.3 is 5.97 Å². The Kier molecular flexibility index (Phi) is 10.1. The molecule has 0 aliphatic rings. The predicted octanol–water partition coefficient (Wildman–Crippen LogP) is 6.48. The molecular weight excluding hydrogens is 544 g/mol. The molecule has 0 aliphatic heterocycles. The minimum atomic E-state index is -1.09. The molecule has 0 saturated carbocycles. The average molecular weight is 576 g/mol. The van der Waals surface area contributed by atoms with Crippen LogP contribution in [-0.2, 0) is 17.9 Å². The van der Waals surface area contributed by atoms with Crippen molar-refractivity contribution in [3.8, 4) is 11.1 Å². The summed E-state index contributed by atoms with van der Waals surface area (Å²) in [6.45, 7) is 2.56. The first-order valence-electron chi connectivity index (χ1n) is 13.1. The maximum Gasteiger partial charge on any atom is 0.326 e. The molecule has 0 saturated heterocycles. The molecule has 1 heterocycles. The summed E-state index contributed by atoms with van der Waals surface area (Å²) in [5, 5.41) is 12.3. The number of thioether (sulfide) groups is 1. The van der Waals surface area contributed by atoms with Crippen LogP contribution < -0.4 is 10.2 Å². The first-order valence-corrected chi connectivity index (χ1v) is 14.5. The summed E-state index contributed by atoms with van der Waals surface area (Å²) in [6, 6.07) is 19.0. The van der Waals surface area contributed by atoms with Gasteiger partial charge in [-0.1, -0.05) is 36.4 Å². The Balaban J connectivity index is 1.74. The summed E-state index contributed by atoms with van der Waals surface area (Å²) in [7, 11) is 0. The van der Waals surface area contributed by atoms with Gasteiger partial charge in [0.15, 0.2) is 0 Å². The zero-order chi connectivity index (χ0) is 29.4. The van der Waals surface area contributed by atoms with Crippen molar-refractivity contribution in [3.63, 3.8) is 0 Å². The van der Waals surface area contributed by atoms with E-state index in [0.717, 1.165) is 28.3 Å². The second-order valence-electron chi connectivity index (χ2n) is 9.69. The van der Waals surface area contributed by atoms with Crippen LogP contribution in [-0.4, -0.2) is 40.0 Å². The molecular formula is C32H31F2N3O3S. The minimum absolute atomic E-state index is 0.282. The van der Waals surface area contributed by atoms with Gasteiger partial charge in [0, 0.05) is 42.8 Å². The molecule has 3 aromatic carbocycles. The fourth-order valence-electron chi connectivity index (χ4n) is 4.61. The number of carbonyl (C=O) groups is 2. The van der Waals surface area contributed by atoms with Crippen LogP contribution >= 0.6 is 11.8 Å². The van der Waals surface area contributed by atoms with Crippen LogP contribution in [0.1, 0.15) is 33.5 Å². The van der Waals surface area contributed by atoms with Crippen LogP contribution in [0, 0.1) is 18.6 Å². The quantitative estimate of drug-likeness (QED) is 0.201. The largest absolute Gasteiger partial charge is 0.480 e. The van der Waals surface area contributed by atoms with E-state index in [1.165, 1.54) is 23.9 Å². The van der Waals surface area contributed by atoms with Crippen LogP contribution in [0.3, 0.4) is 0 Å². The van der Waals surface area contributed by atoms with Crippen LogP contribution in [0.15, 0.2) is 85.2 Å². The molecule has 1 atom stereocenters. The summed E-state index contributed by atoms with van der Waals surface area (Å²) in [6.07, 6.45) is 5.54. The van der Waals surface area contributed by atoms with E-state index < -0.39 is 29.6 Å². The number of pyridine rings is 1. The lowest BCUT2D eigenvalue weighted by Gasteiger charge is -2.26. The number of rotatable bonds is 12. The molecule has 1 aromatic heterocycles. The number of halogens is 2. The summed E-state index contributed by atoms with van der Waals surface area (Å²) >= 11 is 1.51. The Morgan fingerprint density at radius 2 is 1.68 bits per heavy atom. The van der Waals surface area contributed by atoms with Crippen molar-refractivity contribution < 1.29 is 23.5 Å². The second-order valence-corrected chi connectivity index (χ2v) is 10.7. The van der Waals surface area contributed by atoms with Crippen molar-refractivity contribution in [3.05, 3.63) is 119 Å². The average Bonchev–Trinajstić information content (AvgIpc) is 2.95. The highest BCUT2D eigenvalue weighted by molar-refractivity contribution is 7.98. The molecule has 1 amide bonds. The van der Waals surface area contributed by atoms with Gasteiger partial charge in [-0.2, -0.15) is 11.8 Å². The highest BCUT2D eigenvalue weighted by Crippen LogP contribution is 2.30. The number of carbonyl (C=O) groups excluding carboxylic acids is 1. The molecule has 9 heteroatoms. The molecule has 6 nitrogen and oxygen atoms in total. The van der Waals surface area contributed by atoms with Crippen molar-refractivity contribution in [1.29, 1.82) is 0 Å². The van der Waals surface area contributed by atoms with E-state index in [2.05, 4.69) is 10.3 Å². The maximum absolute atomic E-state index is 14.2. The zero-order valence-corrected chi connectivity index (χ0v) is 23.6. The van der Waals surface area contributed by atoms with E-state index in [1.807, 2.05) is 54.5 Å². The maximum atomic E-state index is 14.2. The lowest BCUT2D eigenvalue weighted by atomic mass is 9.93. The van der Waals surface area contributed by atoms with Crippen molar-refractivity contribution >= 4 is 29.3 Å². The lowest BCUT2D eigenvalue weighted by molar-refractivity contribution is -0.139. The summed E-state index contributed by atoms with van der Waals surface area (Å²) in [5.74, 6) is -2.34. The highest BCUT2D eigenvalue weighted by atomic mass is 32.2. The van der Waals surface area contributed by atoms with Crippen LogP contribution in [0.4, 0.5) is 14.5 Å². The van der Waals surface area contributed by atoms with Crippen LogP contribution in [0.2, 0.25) is 0 Å². The van der Waals surface area contributed by atoms with Gasteiger partial charge in [-0.25, -0.2) is 13.6 Å². The number of hydrogen-bond acceptors (Lipinski definition) is 5. The Bertz CT molecular complexity index is 1500. The van der Waals surface area contributed by atoms with Crippen LogP contribution in [0.5, 0.6) is 0 Å². The smallest absolute Gasteiger partial charge is 0.326 e. The molecule has 4 rings (SSSR count). The molecule has 41 heavy (non-hydrogen) atoms. The molecule has 0 spiro atoms. The third-order valence-corrected chi connectivity index (χ3v) is 7.30. The summed E-state index contributed by atoms with van der Waals surface area (Å²) in [5.41, 5.74) is 4.76. The fraction of sp³-hybridized carbons (Fsp3) is 0.219. The SMILES string of the molecule is CSCC[C@H](NC(=O)c1ccc(CN(Cc2cccnc2)c2cc(F)cc(F)c2)cc1-c1ccccc1C)C(=O)O. The van der Waals surface area contributed by atoms with E-state index in [1.54, 1.807) is 30.6 Å². The molecule has 4 aromatic rings. The molecule has 0 aliphatic carbocycles. The van der Waals surface area contributed by atoms with Crippen LogP contribution in [0.25, 0.3) is 11.1 Å². The number of aliphatic carboxylic acids is 1. The Hall–Kier alpha value is -4.24. The monoisotopic (exact) mass is 575 g/mol. The predicted molar refractivity (Wildman–Crippen MR) is 159 cm³/mol. The number of aromatic nitrogens is 1. The highest BCUT2D eigenvalue weighted by Gasteiger charge is 2.23. The third kappa shape index (κ3) is 7.91. The molecule has 0 fully saturated rings. The van der Waals surface area contributed by atoms with Gasteiger partial charge in [-0.15, -0.1) is 0 Å². The molecule has 0 bridgehead atoms. The first kappa shape index (κ1) is 29.7. The van der Waals surface area contributed by atoms with Crippen molar-refractivity contribution in [2.75, 3.05) is 16.9 Å². The number of carboxylic acid groups (broad SMARTS) is 1. The van der Waals surface area contributed by atoms with Gasteiger partial charge in [-0.3, -0.25) is 9.78 Å². The molecule has 0 radical (unpaired) electrons. The lowest BCUT2D eigenvalue weighted by Crippen LogP contribution is -2.41. The third-order valence-electron chi connectivity index (χ3n) is 6.66. The van der Waals surface area contributed by atoms with E-state index in [0.29, 0.717) is 35.5 Å². The van der Waals surface area contributed by atoms with E-state index >= 15 is 0 Å². The number of anilines is 1. The summed E-state index contributed by atoms with van der Waals surface area (Å²) in [4.78, 5) is 31.2. The zero-order valence-electron chi connectivity index (χ0n) is 22.8. The number of nitrogens with one attached hydrogen (secondary N) is 1. The van der Waals surface area contributed by atoms with Gasteiger partial charge in [0.1, 0.15) is 17.7 Å². The van der Waals surface area contributed by atoms with Crippen molar-refractivity contribution in [2.45, 2.75) is 32.5 Å². The fourth-order valence-corrected chi connectivity index (χ4v) is 5.08. The Labute approximate surface area is 242 Å². The minimum Gasteiger partial charge on any atom is -0.480 e. The second kappa shape index (κ2) is 13.9. The number of aryl methyl sites for hydroxylation is 1.